The SMILES string of the molecule is CN(C)c1ccc(/C=C2/C(=O)NN(c3ccccc3)C2=O)c(OCc2ccc(Br)cc2)c1. The highest BCUT2D eigenvalue weighted by atomic mass is 79.9. The first-order chi connectivity index (χ1) is 15.4. The van der Waals surface area contributed by atoms with E-state index in [1.165, 1.54) is 5.01 Å². The van der Waals surface area contributed by atoms with Gasteiger partial charge in [0.05, 0.1) is 5.69 Å². The summed E-state index contributed by atoms with van der Waals surface area (Å²) in [4.78, 5) is 27.5. The molecule has 2 amide bonds. The molecule has 0 radical (unpaired) electrons. The van der Waals surface area contributed by atoms with E-state index < -0.39 is 11.8 Å². The topological polar surface area (TPSA) is 61.9 Å². The molecule has 0 spiro atoms. The summed E-state index contributed by atoms with van der Waals surface area (Å²) in [5.74, 6) is -0.267. The van der Waals surface area contributed by atoms with Gasteiger partial charge < -0.3 is 9.64 Å². The lowest BCUT2D eigenvalue weighted by molar-refractivity contribution is -0.117. The van der Waals surface area contributed by atoms with E-state index in [1.54, 1.807) is 18.2 Å². The number of rotatable bonds is 6. The van der Waals surface area contributed by atoms with E-state index in [0.29, 0.717) is 23.6 Å². The zero-order valence-electron chi connectivity index (χ0n) is 17.7. The Hall–Kier alpha value is -3.58. The van der Waals surface area contributed by atoms with E-state index in [2.05, 4.69) is 21.4 Å². The molecule has 162 valence electrons. The molecular weight excluding hydrogens is 470 g/mol. The smallest absolute Gasteiger partial charge is 0.282 e. The van der Waals surface area contributed by atoms with Gasteiger partial charge in [0.2, 0.25) is 0 Å². The minimum atomic E-state index is -0.450. The van der Waals surface area contributed by atoms with Crippen molar-refractivity contribution < 1.29 is 14.3 Å². The molecule has 7 heteroatoms. The molecule has 0 saturated carbocycles. The number of benzene rings is 3. The molecule has 0 unspecified atom stereocenters. The number of amides is 2. The van der Waals surface area contributed by atoms with Crippen LogP contribution in [-0.4, -0.2) is 25.9 Å². The number of hydrogen-bond donors (Lipinski definition) is 1. The highest BCUT2D eigenvalue weighted by Gasteiger charge is 2.34. The molecule has 0 bridgehead atoms. The Morgan fingerprint density at radius 1 is 1.00 bits per heavy atom. The minimum absolute atomic E-state index is 0.0555. The summed E-state index contributed by atoms with van der Waals surface area (Å²) >= 11 is 3.43. The second-order valence-corrected chi connectivity index (χ2v) is 8.42. The van der Waals surface area contributed by atoms with Gasteiger partial charge in [-0.1, -0.05) is 46.3 Å². The van der Waals surface area contributed by atoms with E-state index in [0.717, 1.165) is 15.7 Å². The van der Waals surface area contributed by atoms with Crippen molar-refractivity contribution in [3.63, 3.8) is 0 Å². The fourth-order valence-electron chi connectivity index (χ4n) is 3.26. The first-order valence-electron chi connectivity index (χ1n) is 10.0. The number of carbonyl (C=O) groups is 2. The average Bonchev–Trinajstić information content (AvgIpc) is 3.08. The molecule has 3 aromatic carbocycles. The molecular formula is C25H22BrN3O3. The molecule has 1 aliphatic rings. The van der Waals surface area contributed by atoms with Crippen molar-refractivity contribution in [2.75, 3.05) is 24.0 Å². The largest absolute Gasteiger partial charge is 0.488 e. The van der Waals surface area contributed by atoms with Gasteiger partial charge in [0.1, 0.15) is 17.9 Å². The van der Waals surface area contributed by atoms with E-state index in [-0.39, 0.29) is 5.57 Å². The van der Waals surface area contributed by atoms with Gasteiger partial charge in [-0.05, 0) is 48.0 Å². The summed E-state index contributed by atoms with van der Waals surface area (Å²) in [7, 11) is 3.88. The summed E-state index contributed by atoms with van der Waals surface area (Å²) in [5, 5.41) is 1.25. The van der Waals surface area contributed by atoms with Gasteiger partial charge >= 0.3 is 0 Å². The number of nitrogens with zero attached hydrogens (tertiary/aromatic N) is 2. The predicted molar refractivity (Wildman–Crippen MR) is 129 cm³/mol. The van der Waals surface area contributed by atoms with Crippen molar-refractivity contribution in [2.45, 2.75) is 6.61 Å². The first kappa shape index (κ1) is 21.6. The predicted octanol–water partition coefficient (Wildman–Crippen LogP) is 4.56. The van der Waals surface area contributed by atoms with Gasteiger partial charge in [0.15, 0.2) is 0 Å². The lowest BCUT2D eigenvalue weighted by atomic mass is 10.1. The maximum absolute atomic E-state index is 12.9. The Balaban J connectivity index is 1.64. The third kappa shape index (κ3) is 4.68. The van der Waals surface area contributed by atoms with Gasteiger partial charge in [-0.15, -0.1) is 0 Å². The van der Waals surface area contributed by atoms with Gasteiger partial charge in [-0.3, -0.25) is 15.0 Å². The van der Waals surface area contributed by atoms with Crippen LogP contribution >= 0.6 is 15.9 Å². The molecule has 1 fully saturated rings. The average molecular weight is 492 g/mol. The standard InChI is InChI=1S/C25H22BrN3O3/c1-28(2)21-13-10-18(23(15-21)32-16-17-8-11-19(26)12-9-17)14-22-24(30)27-29(25(22)31)20-6-4-3-5-7-20/h3-15H,16H2,1-2H3,(H,27,30)/b22-14-. The lowest BCUT2D eigenvalue weighted by Crippen LogP contribution is -2.35. The minimum Gasteiger partial charge on any atom is -0.488 e. The molecule has 32 heavy (non-hydrogen) atoms. The molecule has 6 nitrogen and oxygen atoms in total. The summed E-state index contributed by atoms with van der Waals surface area (Å²) in [5.41, 5.74) is 5.89. The number of hydrazine groups is 1. The molecule has 1 saturated heterocycles. The highest BCUT2D eigenvalue weighted by molar-refractivity contribution is 9.10. The second kappa shape index (κ2) is 9.28. The third-order valence-electron chi connectivity index (χ3n) is 5.03. The van der Waals surface area contributed by atoms with Crippen LogP contribution in [0.25, 0.3) is 6.08 Å². The van der Waals surface area contributed by atoms with Crippen LogP contribution in [0.3, 0.4) is 0 Å². The Morgan fingerprint density at radius 2 is 1.72 bits per heavy atom. The molecule has 0 aromatic heterocycles. The number of para-hydroxylation sites is 1. The van der Waals surface area contributed by atoms with E-state index in [9.17, 15) is 9.59 Å². The summed E-state index contributed by atoms with van der Waals surface area (Å²) in [6, 6.07) is 22.5. The summed E-state index contributed by atoms with van der Waals surface area (Å²) < 4.78 is 7.10. The molecule has 1 heterocycles. The van der Waals surface area contributed by atoms with Crippen molar-refractivity contribution >= 4 is 45.2 Å². The maximum atomic E-state index is 12.9. The van der Waals surface area contributed by atoms with Crippen LogP contribution in [0, 0.1) is 0 Å². The third-order valence-corrected chi connectivity index (χ3v) is 5.56. The zero-order chi connectivity index (χ0) is 22.7. The summed E-state index contributed by atoms with van der Waals surface area (Å²) in [6.45, 7) is 0.358. The van der Waals surface area contributed by atoms with Gasteiger partial charge in [-0.2, -0.15) is 0 Å². The number of anilines is 2. The Bertz CT molecular complexity index is 1170. The normalized spacial score (nSPS) is 14.6. The van der Waals surface area contributed by atoms with Crippen LogP contribution in [-0.2, 0) is 16.2 Å². The van der Waals surface area contributed by atoms with E-state index >= 15 is 0 Å². The molecule has 0 aliphatic carbocycles. The van der Waals surface area contributed by atoms with Gasteiger partial charge in [-0.25, -0.2) is 5.01 Å². The van der Waals surface area contributed by atoms with Crippen molar-refractivity contribution in [3.05, 3.63) is 94.0 Å². The molecule has 0 atom stereocenters. The van der Waals surface area contributed by atoms with Crippen LogP contribution in [0.5, 0.6) is 5.75 Å². The Morgan fingerprint density at radius 3 is 2.41 bits per heavy atom. The molecule has 1 N–H and O–H groups in total. The number of hydrogen-bond acceptors (Lipinski definition) is 4. The van der Waals surface area contributed by atoms with E-state index in [1.807, 2.05) is 79.7 Å². The number of carbonyl (C=O) groups excluding carboxylic acids is 2. The van der Waals surface area contributed by atoms with Crippen LogP contribution in [0.15, 0.2) is 82.8 Å². The molecule has 1 aliphatic heterocycles. The molecule has 4 rings (SSSR count). The fraction of sp³-hybridized carbons (Fsp3) is 0.120. The van der Waals surface area contributed by atoms with Crippen LogP contribution in [0.4, 0.5) is 11.4 Å². The number of halogens is 1. The Labute approximate surface area is 195 Å². The van der Waals surface area contributed by atoms with Crippen molar-refractivity contribution in [3.8, 4) is 5.75 Å². The lowest BCUT2D eigenvalue weighted by Gasteiger charge is -2.16. The van der Waals surface area contributed by atoms with Crippen molar-refractivity contribution in [1.82, 2.24) is 5.43 Å². The quantitative estimate of drug-likeness (QED) is 0.405. The maximum Gasteiger partial charge on any atom is 0.282 e. The van der Waals surface area contributed by atoms with Crippen LogP contribution in [0.2, 0.25) is 0 Å². The Kier molecular flexibility index (Phi) is 6.28. The monoisotopic (exact) mass is 491 g/mol. The first-order valence-corrected chi connectivity index (χ1v) is 10.8. The van der Waals surface area contributed by atoms with Gasteiger partial charge in [0.25, 0.3) is 11.8 Å². The molecule has 3 aromatic rings. The van der Waals surface area contributed by atoms with Crippen molar-refractivity contribution in [2.24, 2.45) is 0 Å². The van der Waals surface area contributed by atoms with E-state index in [4.69, 9.17) is 4.74 Å². The fourth-order valence-corrected chi connectivity index (χ4v) is 3.52. The van der Waals surface area contributed by atoms with Gasteiger partial charge in [0, 0.05) is 35.9 Å². The highest BCUT2D eigenvalue weighted by Crippen LogP contribution is 2.30. The summed E-state index contributed by atoms with van der Waals surface area (Å²) in [6.07, 6.45) is 1.58. The number of ether oxygens (including phenoxy) is 1. The van der Waals surface area contributed by atoms with Crippen LogP contribution in [0.1, 0.15) is 11.1 Å². The second-order valence-electron chi connectivity index (χ2n) is 7.51. The van der Waals surface area contributed by atoms with Crippen LogP contribution < -0.4 is 20.1 Å². The van der Waals surface area contributed by atoms with Crippen molar-refractivity contribution in [1.29, 1.82) is 0 Å². The zero-order valence-corrected chi connectivity index (χ0v) is 19.3. The number of nitrogens with one attached hydrogen (secondary N) is 1.